The highest BCUT2D eigenvalue weighted by atomic mass is 16.4. The van der Waals surface area contributed by atoms with Crippen molar-refractivity contribution in [2.45, 2.75) is 12.8 Å². The summed E-state index contributed by atoms with van der Waals surface area (Å²) in [6.07, 6.45) is 0.0669. The smallest absolute Gasteiger partial charge is 0.307 e. The molecule has 0 aromatic heterocycles. The quantitative estimate of drug-likeness (QED) is 0.711. The van der Waals surface area contributed by atoms with Gasteiger partial charge in [-0.05, 0) is 31.8 Å². The third kappa shape index (κ3) is 6.76. The number of likely N-dealkylation sites (N-methyl/N-ethyl adjacent to an activating group) is 1. The van der Waals surface area contributed by atoms with E-state index in [1.807, 2.05) is 36.0 Å². The second kappa shape index (κ2) is 8.26. The third-order valence-corrected chi connectivity index (χ3v) is 3.07. The predicted octanol–water partition coefficient (Wildman–Crippen LogP) is 1.16. The average Bonchev–Trinajstić information content (AvgIpc) is 2.39. The minimum absolute atomic E-state index is 0.00684. The zero-order valence-electron chi connectivity index (χ0n) is 12.5. The molecule has 0 heterocycles. The van der Waals surface area contributed by atoms with Gasteiger partial charge in [-0.3, -0.25) is 9.59 Å². The maximum atomic E-state index is 10.7. The van der Waals surface area contributed by atoms with Crippen LogP contribution in [0.2, 0.25) is 0 Å². The lowest BCUT2D eigenvalue weighted by molar-refractivity contribution is -0.137. The van der Waals surface area contributed by atoms with Gasteiger partial charge in [-0.2, -0.15) is 0 Å². The number of carboxylic acids is 2. The highest BCUT2D eigenvalue weighted by Gasteiger charge is 2.10. The molecule has 1 aromatic carbocycles. The molecule has 0 radical (unpaired) electrons. The molecule has 2 N–H and O–H groups in total. The minimum Gasteiger partial charge on any atom is -0.481 e. The second-order valence-corrected chi connectivity index (χ2v) is 5.17. The van der Waals surface area contributed by atoms with E-state index < -0.39 is 11.9 Å². The molecule has 116 valence electrons. The number of aliphatic carboxylic acids is 2. The predicted molar refractivity (Wildman–Crippen MR) is 80.8 cm³/mol. The van der Waals surface area contributed by atoms with E-state index in [-0.39, 0.29) is 12.8 Å². The monoisotopic (exact) mass is 294 g/mol. The van der Waals surface area contributed by atoms with Crippen LogP contribution in [0.4, 0.5) is 5.69 Å². The SMILES string of the molecule is CN(C)CCN(CCC(=O)O)c1ccc(CC(=O)O)cc1. The van der Waals surface area contributed by atoms with Crippen LogP contribution in [0.15, 0.2) is 24.3 Å². The molecule has 0 fully saturated rings. The summed E-state index contributed by atoms with van der Waals surface area (Å²) in [5, 5.41) is 17.6. The van der Waals surface area contributed by atoms with Gasteiger partial charge in [0.2, 0.25) is 0 Å². The fourth-order valence-electron chi connectivity index (χ4n) is 1.92. The van der Waals surface area contributed by atoms with Crippen molar-refractivity contribution in [3.63, 3.8) is 0 Å². The summed E-state index contributed by atoms with van der Waals surface area (Å²) in [7, 11) is 3.93. The molecule has 0 spiro atoms. The topological polar surface area (TPSA) is 81.1 Å². The maximum absolute atomic E-state index is 10.7. The molecule has 0 saturated heterocycles. The first kappa shape index (κ1) is 17.0. The van der Waals surface area contributed by atoms with Crippen LogP contribution in [0.1, 0.15) is 12.0 Å². The second-order valence-electron chi connectivity index (χ2n) is 5.17. The Morgan fingerprint density at radius 2 is 1.57 bits per heavy atom. The van der Waals surface area contributed by atoms with Crippen LogP contribution in [-0.4, -0.2) is 60.8 Å². The molecule has 6 heteroatoms. The Kier molecular flexibility index (Phi) is 6.68. The Morgan fingerprint density at radius 3 is 2.05 bits per heavy atom. The lowest BCUT2D eigenvalue weighted by Gasteiger charge is -2.26. The Bertz CT molecular complexity index is 471. The first-order valence-corrected chi connectivity index (χ1v) is 6.80. The first-order chi connectivity index (χ1) is 9.88. The molecule has 6 nitrogen and oxygen atoms in total. The van der Waals surface area contributed by atoms with Crippen molar-refractivity contribution in [1.29, 1.82) is 0 Å². The van der Waals surface area contributed by atoms with E-state index in [0.29, 0.717) is 6.54 Å². The van der Waals surface area contributed by atoms with Crippen molar-refractivity contribution in [2.75, 3.05) is 38.6 Å². The number of carbonyl (C=O) groups is 2. The van der Waals surface area contributed by atoms with E-state index in [1.165, 1.54) is 0 Å². The number of benzene rings is 1. The van der Waals surface area contributed by atoms with E-state index in [0.717, 1.165) is 24.3 Å². The largest absolute Gasteiger partial charge is 0.481 e. The van der Waals surface area contributed by atoms with Gasteiger partial charge in [-0.25, -0.2) is 0 Å². The average molecular weight is 294 g/mol. The van der Waals surface area contributed by atoms with E-state index >= 15 is 0 Å². The van der Waals surface area contributed by atoms with Crippen molar-refractivity contribution >= 4 is 17.6 Å². The number of rotatable bonds is 9. The van der Waals surface area contributed by atoms with Crippen LogP contribution in [0.3, 0.4) is 0 Å². The van der Waals surface area contributed by atoms with E-state index in [1.54, 1.807) is 12.1 Å². The normalized spacial score (nSPS) is 10.6. The molecule has 0 bridgehead atoms. The minimum atomic E-state index is -0.863. The lowest BCUT2D eigenvalue weighted by Crippen LogP contribution is -2.33. The zero-order chi connectivity index (χ0) is 15.8. The summed E-state index contributed by atoms with van der Waals surface area (Å²) in [6.45, 7) is 1.97. The molecule has 21 heavy (non-hydrogen) atoms. The van der Waals surface area contributed by atoms with Crippen LogP contribution >= 0.6 is 0 Å². The summed E-state index contributed by atoms with van der Waals surface area (Å²) >= 11 is 0. The summed E-state index contributed by atoms with van der Waals surface area (Å²) < 4.78 is 0. The van der Waals surface area contributed by atoms with Gasteiger partial charge >= 0.3 is 11.9 Å². The first-order valence-electron chi connectivity index (χ1n) is 6.80. The van der Waals surface area contributed by atoms with Crippen LogP contribution in [0.25, 0.3) is 0 Å². The van der Waals surface area contributed by atoms with Gasteiger partial charge < -0.3 is 20.0 Å². The Balaban J connectivity index is 2.75. The summed E-state index contributed by atoms with van der Waals surface area (Å²) in [6, 6.07) is 7.23. The van der Waals surface area contributed by atoms with Crippen LogP contribution in [-0.2, 0) is 16.0 Å². The summed E-state index contributed by atoms with van der Waals surface area (Å²) in [5.41, 5.74) is 1.64. The number of hydrogen-bond donors (Lipinski definition) is 2. The standard InChI is InChI=1S/C15H22N2O4/c1-16(2)9-10-17(8-7-14(18)19)13-5-3-12(4-6-13)11-15(20)21/h3-6H,7-11H2,1-2H3,(H,18,19)(H,20,21). The third-order valence-electron chi connectivity index (χ3n) is 3.07. The molecular formula is C15H22N2O4. The molecule has 0 aliphatic heterocycles. The zero-order valence-corrected chi connectivity index (χ0v) is 12.5. The fourth-order valence-corrected chi connectivity index (χ4v) is 1.92. The molecule has 1 rings (SSSR count). The number of carboxylic acid groups (broad SMARTS) is 2. The molecule has 0 unspecified atom stereocenters. The van der Waals surface area contributed by atoms with Crippen molar-refractivity contribution in [2.24, 2.45) is 0 Å². The van der Waals surface area contributed by atoms with Crippen LogP contribution in [0, 0.1) is 0 Å². The van der Waals surface area contributed by atoms with E-state index in [9.17, 15) is 9.59 Å². The van der Waals surface area contributed by atoms with Crippen molar-refractivity contribution in [1.82, 2.24) is 4.90 Å². The van der Waals surface area contributed by atoms with Gasteiger partial charge in [0.05, 0.1) is 12.8 Å². The number of nitrogens with zero attached hydrogens (tertiary/aromatic N) is 2. The molecule has 0 atom stereocenters. The Morgan fingerprint density at radius 1 is 0.952 bits per heavy atom. The van der Waals surface area contributed by atoms with Crippen molar-refractivity contribution in [3.05, 3.63) is 29.8 Å². The van der Waals surface area contributed by atoms with Gasteiger partial charge in [0, 0.05) is 25.3 Å². The van der Waals surface area contributed by atoms with Gasteiger partial charge in [-0.1, -0.05) is 12.1 Å². The van der Waals surface area contributed by atoms with E-state index in [4.69, 9.17) is 10.2 Å². The highest BCUT2D eigenvalue weighted by Crippen LogP contribution is 2.16. The fraction of sp³-hybridized carbons (Fsp3) is 0.467. The maximum Gasteiger partial charge on any atom is 0.307 e. The van der Waals surface area contributed by atoms with Crippen molar-refractivity contribution < 1.29 is 19.8 Å². The Labute approximate surface area is 124 Å². The van der Waals surface area contributed by atoms with E-state index in [2.05, 4.69) is 0 Å². The molecule has 0 aliphatic rings. The van der Waals surface area contributed by atoms with Crippen LogP contribution < -0.4 is 4.90 Å². The molecule has 1 aromatic rings. The summed E-state index contributed by atoms with van der Waals surface area (Å²) in [5.74, 6) is -1.69. The highest BCUT2D eigenvalue weighted by molar-refractivity contribution is 5.70. The Hall–Kier alpha value is -2.08. The van der Waals surface area contributed by atoms with Crippen molar-refractivity contribution in [3.8, 4) is 0 Å². The van der Waals surface area contributed by atoms with Gasteiger partial charge in [-0.15, -0.1) is 0 Å². The summed E-state index contributed by atoms with van der Waals surface area (Å²) in [4.78, 5) is 25.4. The number of hydrogen-bond acceptors (Lipinski definition) is 4. The lowest BCUT2D eigenvalue weighted by atomic mass is 10.1. The molecule has 0 amide bonds. The molecule has 0 saturated carbocycles. The van der Waals surface area contributed by atoms with Gasteiger partial charge in [0.25, 0.3) is 0 Å². The molecular weight excluding hydrogens is 272 g/mol. The van der Waals surface area contributed by atoms with Gasteiger partial charge in [0.15, 0.2) is 0 Å². The van der Waals surface area contributed by atoms with Gasteiger partial charge in [0.1, 0.15) is 0 Å². The van der Waals surface area contributed by atoms with Crippen LogP contribution in [0.5, 0.6) is 0 Å². The number of anilines is 1. The molecule has 0 aliphatic carbocycles.